The predicted molar refractivity (Wildman–Crippen MR) is 81.5 cm³/mol. The maximum Gasteiger partial charge on any atom is 0.244 e. The smallest absolute Gasteiger partial charge is 0.244 e. The number of piperidine rings is 1. The Labute approximate surface area is 126 Å². The molecule has 0 saturated carbocycles. The second kappa shape index (κ2) is 6.08. The van der Waals surface area contributed by atoms with Gasteiger partial charge in [0.25, 0.3) is 0 Å². The third-order valence-electron chi connectivity index (χ3n) is 4.21. The molecule has 1 saturated heterocycles. The highest BCUT2D eigenvalue weighted by Gasteiger charge is 2.32. The number of rotatable bonds is 4. The van der Waals surface area contributed by atoms with Crippen LogP contribution >= 0.6 is 0 Å². The second-order valence-electron chi connectivity index (χ2n) is 5.98. The lowest BCUT2D eigenvalue weighted by atomic mass is 9.95. The lowest BCUT2D eigenvalue weighted by Gasteiger charge is -2.34. The highest BCUT2D eigenvalue weighted by molar-refractivity contribution is 7.89. The first-order chi connectivity index (χ1) is 9.76. The maximum atomic E-state index is 12.7. The number of aryl methyl sites for hydroxylation is 2. The fourth-order valence-corrected chi connectivity index (χ4v) is 4.92. The number of likely N-dealkylation sites (tertiary alicyclic amines) is 1. The molecular formula is C14H25N3O3S. The van der Waals surface area contributed by atoms with Gasteiger partial charge in [0, 0.05) is 24.7 Å². The van der Waals surface area contributed by atoms with Crippen LogP contribution in [0.1, 0.15) is 30.4 Å². The van der Waals surface area contributed by atoms with Crippen LogP contribution in [0.15, 0.2) is 9.31 Å². The third-order valence-corrected chi connectivity index (χ3v) is 5.90. The summed E-state index contributed by atoms with van der Waals surface area (Å²) in [5.74, 6) is 1.25. The summed E-state index contributed by atoms with van der Waals surface area (Å²) in [5.41, 5.74) is 6.25. The number of nitrogens with two attached hydrogens (primary N) is 1. The summed E-state index contributed by atoms with van der Waals surface area (Å²) < 4.78 is 33.7. The van der Waals surface area contributed by atoms with Crippen molar-refractivity contribution in [2.75, 3.05) is 20.1 Å². The molecular weight excluding hydrogens is 290 g/mol. The Morgan fingerprint density at radius 1 is 1.38 bits per heavy atom. The van der Waals surface area contributed by atoms with Gasteiger partial charge in [0.2, 0.25) is 10.0 Å². The monoisotopic (exact) mass is 315 g/mol. The average Bonchev–Trinajstić information content (AvgIpc) is 2.67. The zero-order valence-corrected chi connectivity index (χ0v) is 14.0. The Hall–Kier alpha value is -0.890. The largest absolute Gasteiger partial charge is 0.465 e. The van der Waals surface area contributed by atoms with Crippen LogP contribution < -0.4 is 10.5 Å². The van der Waals surface area contributed by atoms with Gasteiger partial charge >= 0.3 is 0 Å². The van der Waals surface area contributed by atoms with Crippen molar-refractivity contribution < 1.29 is 12.8 Å². The number of nitrogens with one attached hydrogen (secondary N) is 1. The molecule has 0 radical (unpaired) electrons. The van der Waals surface area contributed by atoms with Gasteiger partial charge in [-0.3, -0.25) is 0 Å². The van der Waals surface area contributed by atoms with Gasteiger partial charge in [-0.15, -0.1) is 0 Å². The summed E-state index contributed by atoms with van der Waals surface area (Å²) in [6, 6.07) is -0.0496. The van der Waals surface area contributed by atoms with Gasteiger partial charge in [-0.25, -0.2) is 13.1 Å². The summed E-state index contributed by atoms with van der Waals surface area (Å²) in [5, 5.41) is 0. The van der Waals surface area contributed by atoms with Crippen LogP contribution in [-0.2, 0) is 16.6 Å². The summed E-state index contributed by atoms with van der Waals surface area (Å²) in [7, 11) is -1.55. The normalized spacial score (nSPS) is 24.4. The van der Waals surface area contributed by atoms with E-state index in [1.165, 1.54) is 0 Å². The molecule has 7 heteroatoms. The van der Waals surface area contributed by atoms with Crippen molar-refractivity contribution in [3.8, 4) is 0 Å². The summed E-state index contributed by atoms with van der Waals surface area (Å²) >= 11 is 0. The predicted octanol–water partition coefficient (Wildman–Crippen LogP) is 0.974. The van der Waals surface area contributed by atoms with Gasteiger partial charge in [0.15, 0.2) is 0 Å². The van der Waals surface area contributed by atoms with Crippen molar-refractivity contribution in [2.24, 2.45) is 11.7 Å². The minimum Gasteiger partial charge on any atom is -0.465 e. The Bertz CT molecular complexity index is 609. The summed E-state index contributed by atoms with van der Waals surface area (Å²) in [6.45, 7) is 7.42. The quantitative estimate of drug-likeness (QED) is 0.864. The molecule has 120 valence electrons. The van der Waals surface area contributed by atoms with E-state index < -0.39 is 10.0 Å². The minimum atomic E-state index is -3.61. The molecule has 21 heavy (non-hydrogen) atoms. The molecule has 0 aromatic carbocycles. The van der Waals surface area contributed by atoms with Crippen molar-refractivity contribution in [1.82, 2.24) is 9.62 Å². The van der Waals surface area contributed by atoms with Gasteiger partial charge in [0.05, 0.1) is 0 Å². The molecule has 0 aliphatic carbocycles. The van der Waals surface area contributed by atoms with E-state index in [4.69, 9.17) is 10.2 Å². The van der Waals surface area contributed by atoms with Crippen LogP contribution in [0.5, 0.6) is 0 Å². The van der Waals surface area contributed by atoms with Gasteiger partial charge in [-0.05, 0) is 39.8 Å². The number of sulfonamides is 1. The lowest BCUT2D eigenvalue weighted by Crippen LogP contribution is -2.48. The van der Waals surface area contributed by atoms with E-state index in [0.717, 1.165) is 19.5 Å². The van der Waals surface area contributed by atoms with Crippen LogP contribution in [0.4, 0.5) is 0 Å². The maximum absolute atomic E-state index is 12.7. The second-order valence-corrected chi connectivity index (χ2v) is 7.63. The van der Waals surface area contributed by atoms with E-state index >= 15 is 0 Å². The topological polar surface area (TPSA) is 88.6 Å². The van der Waals surface area contributed by atoms with E-state index in [1.807, 2.05) is 0 Å². The molecule has 1 aromatic heterocycles. The number of hydrogen-bond acceptors (Lipinski definition) is 5. The standard InChI is InChI=1S/C14H25N3O3S/c1-9-8-17(4)6-5-13(9)16-21(18,19)14-11(3)20-10(2)12(14)7-15/h9,13,16H,5-8,15H2,1-4H3. The molecule has 2 rings (SSSR count). The Balaban J connectivity index is 2.27. The van der Waals surface area contributed by atoms with Gasteiger partial charge in [0.1, 0.15) is 16.4 Å². The minimum absolute atomic E-state index is 0.0496. The van der Waals surface area contributed by atoms with Crippen LogP contribution in [0.3, 0.4) is 0 Å². The van der Waals surface area contributed by atoms with Crippen LogP contribution in [-0.4, -0.2) is 39.5 Å². The highest BCUT2D eigenvalue weighted by Crippen LogP contribution is 2.27. The molecule has 2 unspecified atom stereocenters. The summed E-state index contributed by atoms with van der Waals surface area (Å²) in [4.78, 5) is 2.43. The molecule has 1 fully saturated rings. The van der Waals surface area contributed by atoms with Crippen LogP contribution in [0.2, 0.25) is 0 Å². The first-order valence-electron chi connectivity index (χ1n) is 7.26. The highest BCUT2D eigenvalue weighted by atomic mass is 32.2. The number of furan rings is 1. The molecule has 0 bridgehead atoms. The van der Waals surface area contributed by atoms with E-state index in [9.17, 15) is 8.42 Å². The van der Waals surface area contributed by atoms with Crippen molar-refractivity contribution in [3.05, 3.63) is 17.1 Å². The fourth-order valence-electron chi connectivity index (χ4n) is 3.09. The Kier molecular flexibility index (Phi) is 4.77. The molecule has 2 heterocycles. The lowest BCUT2D eigenvalue weighted by molar-refractivity contribution is 0.188. The molecule has 1 aliphatic heterocycles. The fraction of sp³-hybridized carbons (Fsp3) is 0.714. The first kappa shape index (κ1) is 16.5. The van der Waals surface area contributed by atoms with Crippen molar-refractivity contribution in [3.63, 3.8) is 0 Å². The molecule has 0 spiro atoms. The average molecular weight is 315 g/mol. The van der Waals surface area contributed by atoms with E-state index in [-0.39, 0.29) is 23.4 Å². The van der Waals surface area contributed by atoms with Crippen LogP contribution in [0.25, 0.3) is 0 Å². The van der Waals surface area contributed by atoms with Crippen LogP contribution in [0, 0.1) is 19.8 Å². The van der Waals surface area contributed by atoms with E-state index in [0.29, 0.717) is 17.1 Å². The van der Waals surface area contributed by atoms with E-state index in [2.05, 4.69) is 23.6 Å². The number of hydrogen-bond donors (Lipinski definition) is 2. The van der Waals surface area contributed by atoms with E-state index in [1.54, 1.807) is 13.8 Å². The zero-order valence-electron chi connectivity index (χ0n) is 13.1. The molecule has 3 N–H and O–H groups in total. The van der Waals surface area contributed by atoms with Crippen molar-refractivity contribution in [2.45, 2.75) is 44.7 Å². The molecule has 2 atom stereocenters. The first-order valence-corrected chi connectivity index (χ1v) is 8.74. The van der Waals surface area contributed by atoms with Gasteiger partial charge in [-0.1, -0.05) is 6.92 Å². The number of nitrogens with zero attached hydrogens (tertiary/aromatic N) is 1. The Morgan fingerprint density at radius 2 is 2.05 bits per heavy atom. The van der Waals surface area contributed by atoms with Gasteiger partial charge in [-0.2, -0.15) is 0 Å². The molecule has 6 nitrogen and oxygen atoms in total. The molecule has 1 aromatic rings. The SMILES string of the molecule is Cc1oc(C)c(S(=O)(=O)NC2CCN(C)CC2C)c1CN. The van der Waals surface area contributed by atoms with Gasteiger partial charge < -0.3 is 15.1 Å². The molecule has 0 amide bonds. The third kappa shape index (κ3) is 3.31. The summed E-state index contributed by atoms with van der Waals surface area (Å²) in [6.07, 6.45) is 0.810. The van der Waals surface area contributed by atoms with Crippen molar-refractivity contribution >= 4 is 10.0 Å². The Morgan fingerprint density at radius 3 is 2.62 bits per heavy atom. The molecule has 1 aliphatic rings. The zero-order chi connectivity index (χ0) is 15.8. The van der Waals surface area contributed by atoms with Crippen molar-refractivity contribution in [1.29, 1.82) is 0 Å².